The Morgan fingerprint density at radius 2 is 2.16 bits per heavy atom. The Kier molecular flexibility index (Phi) is 4.39. The summed E-state index contributed by atoms with van der Waals surface area (Å²) in [5.74, 6) is 0.0941. The summed E-state index contributed by atoms with van der Waals surface area (Å²) >= 11 is 8.92. The molecule has 0 aliphatic carbocycles. The van der Waals surface area contributed by atoms with Crippen LogP contribution in [0.5, 0.6) is 11.6 Å². The number of nitrogens with two attached hydrogens (primary N) is 1. The van der Waals surface area contributed by atoms with E-state index in [0.29, 0.717) is 16.1 Å². The van der Waals surface area contributed by atoms with Crippen molar-refractivity contribution in [2.45, 2.75) is 13.0 Å². The first-order chi connectivity index (χ1) is 8.97. The molecule has 100 valence electrons. The van der Waals surface area contributed by atoms with Gasteiger partial charge < -0.3 is 10.5 Å². The van der Waals surface area contributed by atoms with E-state index in [4.69, 9.17) is 22.1 Å². The zero-order valence-electron chi connectivity index (χ0n) is 10.0. The molecule has 0 aliphatic rings. The first kappa shape index (κ1) is 14.2. The first-order valence-corrected chi connectivity index (χ1v) is 6.68. The van der Waals surface area contributed by atoms with E-state index in [9.17, 15) is 4.39 Å². The summed E-state index contributed by atoms with van der Waals surface area (Å²) in [6, 6.07) is 6.02. The molecule has 3 nitrogen and oxygen atoms in total. The molecule has 1 atom stereocenters. The molecule has 2 N–H and O–H groups in total. The topological polar surface area (TPSA) is 48.1 Å². The molecule has 1 aromatic carbocycles. The molecule has 2 aromatic rings. The van der Waals surface area contributed by atoms with Gasteiger partial charge in [-0.3, -0.25) is 0 Å². The lowest BCUT2D eigenvalue weighted by Crippen LogP contribution is -2.05. The Morgan fingerprint density at radius 1 is 1.42 bits per heavy atom. The van der Waals surface area contributed by atoms with E-state index in [-0.39, 0.29) is 11.1 Å². The van der Waals surface area contributed by atoms with Crippen LogP contribution in [0.2, 0.25) is 5.02 Å². The smallest absolute Gasteiger partial charge is 0.219 e. The van der Waals surface area contributed by atoms with Crippen molar-refractivity contribution in [1.29, 1.82) is 0 Å². The minimum atomic E-state index is -0.553. The molecule has 0 bridgehead atoms. The van der Waals surface area contributed by atoms with Gasteiger partial charge in [0.05, 0.1) is 9.50 Å². The number of hydrogen-bond donors (Lipinski definition) is 1. The van der Waals surface area contributed by atoms with Gasteiger partial charge in [0.1, 0.15) is 11.6 Å². The average molecular weight is 346 g/mol. The fraction of sp³-hybridized carbons (Fsp3) is 0.154. The molecule has 0 saturated heterocycles. The van der Waals surface area contributed by atoms with Gasteiger partial charge in [-0.25, -0.2) is 9.37 Å². The van der Waals surface area contributed by atoms with Crippen LogP contribution in [0.3, 0.4) is 0 Å². The van der Waals surface area contributed by atoms with Crippen molar-refractivity contribution in [1.82, 2.24) is 4.98 Å². The minimum absolute atomic E-state index is 0.0246. The molecule has 19 heavy (non-hydrogen) atoms. The Hall–Kier alpha value is -1.17. The second kappa shape index (κ2) is 5.86. The van der Waals surface area contributed by atoms with Gasteiger partial charge in [0, 0.05) is 24.4 Å². The zero-order chi connectivity index (χ0) is 14.0. The van der Waals surface area contributed by atoms with Gasteiger partial charge in [-0.1, -0.05) is 11.6 Å². The van der Waals surface area contributed by atoms with E-state index in [0.717, 1.165) is 5.56 Å². The van der Waals surface area contributed by atoms with Crippen molar-refractivity contribution in [3.05, 3.63) is 51.3 Å². The van der Waals surface area contributed by atoms with Gasteiger partial charge in [0.15, 0.2) is 0 Å². The van der Waals surface area contributed by atoms with E-state index in [1.165, 1.54) is 12.1 Å². The highest BCUT2D eigenvalue weighted by Gasteiger charge is 2.10. The van der Waals surface area contributed by atoms with Crippen LogP contribution in [0, 0.1) is 5.82 Å². The highest BCUT2D eigenvalue weighted by molar-refractivity contribution is 9.10. The van der Waals surface area contributed by atoms with Gasteiger partial charge in [0.25, 0.3) is 0 Å². The maximum atomic E-state index is 13.4. The van der Waals surface area contributed by atoms with E-state index < -0.39 is 5.82 Å². The number of hydrogen-bond acceptors (Lipinski definition) is 3. The Labute approximate surface area is 123 Å². The monoisotopic (exact) mass is 344 g/mol. The second-order valence-corrected chi connectivity index (χ2v) is 5.28. The number of pyridine rings is 1. The fourth-order valence-corrected chi connectivity index (χ4v) is 2.18. The third-order valence-electron chi connectivity index (χ3n) is 2.47. The van der Waals surface area contributed by atoms with Crippen molar-refractivity contribution in [2.24, 2.45) is 5.73 Å². The largest absolute Gasteiger partial charge is 0.438 e. The maximum Gasteiger partial charge on any atom is 0.219 e. The molecule has 0 saturated carbocycles. The molecule has 0 unspecified atom stereocenters. The molecule has 0 amide bonds. The zero-order valence-corrected chi connectivity index (χ0v) is 12.4. The predicted molar refractivity (Wildman–Crippen MR) is 76.0 cm³/mol. The average Bonchev–Trinajstić information content (AvgIpc) is 2.36. The number of nitrogens with zero attached hydrogens (tertiary/aromatic N) is 1. The highest BCUT2D eigenvalue weighted by Crippen LogP contribution is 2.33. The van der Waals surface area contributed by atoms with Gasteiger partial charge in [-0.2, -0.15) is 0 Å². The van der Waals surface area contributed by atoms with E-state index in [2.05, 4.69) is 20.9 Å². The van der Waals surface area contributed by atoms with Crippen LogP contribution in [0.1, 0.15) is 18.5 Å². The lowest BCUT2D eigenvalue weighted by atomic mass is 10.1. The number of rotatable bonds is 3. The lowest BCUT2D eigenvalue weighted by Gasteiger charge is -2.10. The first-order valence-electron chi connectivity index (χ1n) is 5.51. The van der Waals surface area contributed by atoms with Crippen LogP contribution in [-0.4, -0.2) is 4.98 Å². The summed E-state index contributed by atoms with van der Waals surface area (Å²) in [5, 5.41) is 0.0246. The SMILES string of the molecule is C[C@@H](N)c1ccnc(Oc2cc(F)c(Cl)cc2Br)c1. The van der Waals surface area contributed by atoms with Crippen LogP contribution < -0.4 is 10.5 Å². The molecule has 2 rings (SSSR count). The van der Waals surface area contributed by atoms with Gasteiger partial charge >= 0.3 is 0 Å². The third-order valence-corrected chi connectivity index (χ3v) is 3.38. The summed E-state index contributed by atoms with van der Waals surface area (Å²) < 4.78 is 19.5. The molecule has 0 radical (unpaired) electrons. The van der Waals surface area contributed by atoms with Crippen LogP contribution in [0.25, 0.3) is 0 Å². The molecular formula is C13H11BrClFN2O. The van der Waals surface area contributed by atoms with Crippen LogP contribution >= 0.6 is 27.5 Å². The van der Waals surface area contributed by atoms with Gasteiger partial charge in [0.2, 0.25) is 5.88 Å². The molecule has 1 aromatic heterocycles. The molecule has 6 heteroatoms. The summed E-state index contributed by atoms with van der Waals surface area (Å²) in [4.78, 5) is 4.06. The molecule has 1 heterocycles. The van der Waals surface area contributed by atoms with Crippen LogP contribution in [-0.2, 0) is 0 Å². The predicted octanol–water partition coefficient (Wildman–Crippen LogP) is 4.45. The molecule has 0 fully saturated rings. The summed E-state index contributed by atoms with van der Waals surface area (Å²) in [6.07, 6.45) is 1.59. The highest BCUT2D eigenvalue weighted by atomic mass is 79.9. The van der Waals surface area contributed by atoms with Crippen molar-refractivity contribution in [3.63, 3.8) is 0 Å². The second-order valence-electron chi connectivity index (χ2n) is 4.01. The van der Waals surface area contributed by atoms with Gasteiger partial charge in [-0.15, -0.1) is 0 Å². The molecular weight excluding hydrogens is 335 g/mol. The number of aromatic nitrogens is 1. The van der Waals surface area contributed by atoms with Crippen LogP contribution in [0.4, 0.5) is 4.39 Å². The third kappa shape index (κ3) is 3.43. The van der Waals surface area contributed by atoms with Crippen molar-refractivity contribution in [2.75, 3.05) is 0 Å². The number of ether oxygens (including phenoxy) is 1. The Bertz CT molecular complexity index is 607. The van der Waals surface area contributed by atoms with E-state index in [1.807, 2.05) is 6.92 Å². The quantitative estimate of drug-likeness (QED) is 0.836. The summed E-state index contributed by atoms with van der Waals surface area (Å²) in [7, 11) is 0. The van der Waals surface area contributed by atoms with Crippen molar-refractivity contribution >= 4 is 27.5 Å². The fourth-order valence-electron chi connectivity index (χ4n) is 1.46. The van der Waals surface area contributed by atoms with Crippen molar-refractivity contribution in [3.8, 4) is 11.6 Å². The minimum Gasteiger partial charge on any atom is -0.438 e. The van der Waals surface area contributed by atoms with E-state index >= 15 is 0 Å². The standard InChI is InChI=1S/C13H11BrClFN2O/c1-7(17)8-2-3-18-13(4-8)19-12-6-11(16)10(15)5-9(12)14/h2-7H,17H2,1H3/t7-/m1/s1. The Balaban J connectivity index is 2.31. The maximum absolute atomic E-state index is 13.4. The number of halogens is 3. The summed E-state index contributed by atoms with van der Waals surface area (Å²) in [6.45, 7) is 1.86. The molecule has 0 aliphatic heterocycles. The summed E-state index contributed by atoms with van der Waals surface area (Å²) in [5.41, 5.74) is 6.66. The van der Waals surface area contributed by atoms with E-state index in [1.54, 1.807) is 18.3 Å². The lowest BCUT2D eigenvalue weighted by molar-refractivity contribution is 0.454. The number of benzene rings is 1. The van der Waals surface area contributed by atoms with Gasteiger partial charge in [-0.05, 0) is 40.5 Å². The Morgan fingerprint density at radius 3 is 2.84 bits per heavy atom. The van der Waals surface area contributed by atoms with Crippen molar-refractivity contribution < 1.29 is 9.13 Å². The normalized spacial score (nSPS) is 12.3. The van der Waals surface area contributed by atoms with Crippen LogP contribution in [0.15, 0.2) is 34.9 Å². The molecule has 0 spiro atoms.